The molecule has 0 nitrogen and oxygen atoms in total. The molecule has 0 unspecified atom stereocenters. The molecule has 76 valence electrons. The van der Waals surface area contributed by atoms with Gasteiger partial charge in [0.25, 0.3) is 0 Å². The Labute approximate surface area is 89.1 Å². The van der Waals surface area contributed by atoms with Gasteiger partial charge < -0.3 is 0 Å². The molecule has 14 heavy (non-hydrogen) atoms. The third kappa shape index (κ3) is 1.66. The molecule has 0 spiro atoms. The highest BCUT2D eigenvalue weighted by molar-refractivity contribution is 6.30. The van der Waals surface area contributed by atoms with Crippen LogP contribution < -0.4 is 0 Å². The van der Waals surface area contributed by atoms with Gasteiger partial charge in [-0.2, -0.15) is 0 Å². The summed E-state index contributed by atoms with van der Waals surface area (Å²) in [5, 5.41) is 0.710. The zero-order valence-electron chi connectivity index (χ0n) is 8.10. The van der Waals surface area contributed by atoms with E-state index in [0.717, 1.165) is 31.2 Å². The van der Waals surface area contributed by atoms with Crippen LogP contribution in [-0.4, -0.2) is 6.67 Å². The number of benzene rings is 1. The molecule has 0 radical (unpaired) electrons. The van der Waals surface area contributed by atoms with E-state index < -0.39 is 0 Å². The molecule has 1 aliphatic rings. The Balaban J connectivity index is 2.35. The lowest BCUT2D eigenvalue weighted by Gasteiger charge is -2.25. The first-order chi connectivity index (χ1) is 6.77. The Bertz CT molecular complexity index is 316. The largest absolute Gasteiger partial charge is 0.250 e. The molecule has 1 aromatic rings. The normalized spacial score (nSPS) is 19.9. The maximum atomic E-state index is 13.1. The van der Waals surface area contributed by atoms with E-state index in [1.54, 1.807) is 0 Å². The summed E-state index contributed by atoms with van der Waals surface area (Å²) in [5.41, 5.74) is 0.843. The second-order valence-electron chi connectivity index (χ2n) is 4.13. The maximum absolute atomic E-state index is 13.1. The van der Waals surface area contributed by atoms with Crippen molar-refractivity contribution in [1.82, 2.24) is 0 Å². The van der Waals surface area contributed by atoms with Gasteiger partial charge in [0.1, 0.15) is 0 Å². The highest BCUT2D eigenvalue weighted by atomic mass is 35.5. The van der Waals surface area contributed by atoms with E-state index in [-0.39, 0.29) is 12.1 Å². The number of halogens is 2. The molecule has 0 atom stereocenters. The molecule has 0 amide bonds. The summed E-state index contributed by atoms with van der Waals surface area (Å²) < 4.78 is 13.1. The minimum Gasteiger partial charge on any atom is -0.250 e. The molecule has 1 aliphatic carbocycles. The van der Waals surface area contributed by atoms with Crippen molar-refractivity contribution in [3.05, 3.63) is 34.9 Å². The fraction of sp³-hybridized carbons (Fsp3) is 0.500. The topological polar surface area (TPSA) is 0 Å². The van der Waals surface area contributed by atoms with Crippen molar-refractivity contribution in [2.45, 2.75) is 31.1 Å². The van der Waals surface area contributed by atoms with Crippen molar-refractivity contribution in [2.24, 2.45) is 0 Å². The lowest BCUT2D eigenvalue weighted by molar-refractivity contribution is 0.309. The Kier molecular flexibility index (Phi) is 2.78. The van der Waals surface area contributed by atoms with E-state index in [1.165, 1.54) is 0 Å². The SMILES string of the molecule is FCC1(c2cccc(Cl)c2)CCCC1. The van der Waals surface area contributed by atoms with Crippen LogP contribution in [0.15, 0.2) is 24.3 Å². The standard InChI is InChI=1S/C12H14ClF/c13-11-5-3-4-10(8-11)12(9-14)6-1-2-7-12/h3-5,8H,1-2,6-7,9H2. The van der Waals surface area contributed by atoms with Gasteiger partial charge in [0, 0.05) is 10.4 Å². The molecule has 0 heterocycles. The summed E-state index contributed by atoms with van der Waals surface area (Å²) in [4.78, 5) is 0. The lowest BCUT2D eigenvalue weighted by Crippen LogP contribution is -2.24. The van der Waals surface area contributed by atoms with Crippen molar-refractivity contribution in [1.29, 1.82) is 0 Å². The zero-order chi connectivity index (χ0) is 10.0. The minimum absolute atomic E-state index is 0.231. The Hall–Kier alpha value is -0.560. The van der Waals surface area contributed by atoms with Gasteiger partial charge in [0.05, 0.1) is 6.67 Å². The number of hydrogen-bond acceptors (Lipinski definition) is 0. The molecule has 2 heteroatoms. The monoisotopic (exact) mass is 212 g/mol. The van der Waals surface area contributed by atoms with Crippen LogP contribution in [0.4, 0.5) is 4.39 Å². The van der Waals surface area contributed by atoms with Crippen LogP contribution in [-0.2, 0) is 5.41 Å². The van der Waals surface area contributed by atoms with E-state index >= 15 is 0 Å². The summed E-state index contributed by atoms with van der Waals surface area (Å²) >= 11 is 5.92. The van der Waals surface area contributed by atoms with Crippen molar-refractivity contribution in [3.8, 4) is 0 Å². The van der Waals surface area contributed by atoms with E-state index in [1.807, 2.05) is 24.3 Å². The van der Waals surface area contributed by atoms with Gasteiger partial charge in [-0.1, -0.05) is 36.6 Å². The fourth-order valence-electron chi connectivity index (χ4n) is 2.37. The van der Waals surface area contributed by atoms with Crippen LogP contribution in [0.2, 0.25) is 5.02 Å². The average Bonchev–Trinajstić information content (AvgIpc) is 2.67. The first-order valence-corrected chi connectivity index (χ1v) is 5.47. The van der Waals surface area contributed by atoms with Gasteiger partial charge in [-0.15, -0.1) is 0 Å². The Morgan fingerprint density at radius 2 is 2.00 bits per heavy atom. The van der Waals surface area contributed by atoms with E-state index in [0.29, 0.717) is 5.02 Å². The molecule has 0 aromatic heterocycles. The van der Waals surface area contributed by atoms with Crippen molar-refractivity contribution in [3.63, 3.8) is 0 Å². The minimum atomic E-state index is -0.257. The van der Waals surface area contributed by atoms with Crippen molar-refractivity contribution in [2.75, 3.05) is 6.67 Å². The molecular weight excluding hydrogens is 199 g/mol. The summed E-state index contributed by atoms with van der Waals surface area (Å²) in [6.45, 7) is -0.257. The molecular formula is C12H14ClF. The second kappa shape index (κ2) is 3.90. The summed E-state index contributed by atoms with van der Waals surface area (Å²) in [5.74, 6) is 0. The first kappa shape index (κ1) is 9.97. The smallest absolute Gasteiger partial charge is 0.0990 e. The summed E-state index contributed by atoms with van der Waals surface area (Å²) in [6, 6.07) is 7.66. The molecule has 1 fully saturated rings. The quantitative estimate of drug-likeness (QED) is 0.692. The van der Waals surface area contributed by atoms with Crippen molar-refractivity contribution < 1.29 is 4.39 Å². The molecule has 0 N–H and O–H groups in total. The van der Waals surface area contributed by atoms with Crippen LogP contribution in [0.5, 0.6) is 0 Å². The van der Waals surface area contributed by atoms with Gasteiger partial charge in [-0.3, -0.25) is 4.39 Å². The number of alkyl halides is 1. The molecule has 2 rings (SSSR count). The lowest BCUT2D eigenvalue weighted by atomic mass is 9.80. The van der Waals surface area contributed by atoms with Crippen LogP contribution in [0.25, 0.3) is 0 Å². The molecule has 1 aromatic carbocycles. The van der Waals surface area contributed by atoms with Gasteiger partial charge >= 0.3 is 0 Å². The van der Waals surface area contributed by atoms with Crippen molar-refractivity contribution >= 4 is 11.6 Å². The van der Waals surface area contributed by atoms with Crippen LogP contribution in [0.1, 0.15) is 31.2 Å². The van der Waals surface area contributed by atoms with E-state index in [9.17, 15) is 4.39 Å². The molecule has 0 aliphatic heterocycles. The third-order valence-corrected chi connectivity index (χ3v) is 3.49. The van der Waals surface area contributed by atoms with E-state index in [2.05, 4.69) is 0 Å². The fourth-order valence-corrected chi connectivity index (χ4v) is 2.56. The molecule has 0 bridgehead atoms. The highest BCUT2D eigenvalue weighted by Gasteiger charge is 2.35. The first-order valence-electron chi connectivity index (χ1n) is 5.09. The van der Waals surface area contributed by atoms with Crippen LogP contribution >= 0.6 is 11.6 Å². The van der Waals surface area contributed by atoms with Crippen LogP contribution in [0.3, 0.4) is 0 Å². The van der Waals surface area contributed by atoms with Crippen LogP contribution in [0, 0.1) is 0 Å². The number of hydrogen-bond donors (Lipinski definition) is 0. The zero-order valence-corrected chi connectivity index (χ0v) is 8.86. The summed E-state index contributed by atoms with van der Waals surface area (Å²) in [7, 11) is 0. The maximum Gasteiger partial charge on any atom is 0.0990 e. The molecule has 0 saturated heterocycles. The van der Waals surface area contributed by atoms with Gasteiger partial charge in [-0.05, 0) is 30.5 Å². The highest BCUT2D eigenvalue weighted by Crippen LogP contribution is 2.41. The average molecular weight is 213 g/mol. The molecule has 1 saturated carbocycles. The third-order valence-electron chi connectivity index (χ3n) is 3.25. The van der Waals surface area contributed by atoms with Gasteiger partial charge in [0.15, 0.2) is 0 Å². The Morgan fingerprint density at radius 3 is 2.57 bits per heavy atom. The van der Waals surface area contributed by atoms with Gasteiger partial charge in [-0.25, -0.2) is 0 Å². The second-order valence-corrected chi connectivity index (χ2v) is 4.57. The predicted octanol–water partition coefficient (Wildman–Crippen LogP) is 4.12. The van der Waals surface area contributed by atoms with E-state index in [4.69, 9.17) is 11.6 Å². The Morgan fingerprint density at radius 1 is 1.29 bits per heavy atom. The number of rotatable bonds is 2. The van der Waals surface area contributed by atoms with Gasteiger partial charge in [0.2, 0.25) is 0 Å². The summed E-state index contributed by atoms with van der Waals surface area (Å²) in [6.07, 6.45) is 4.19. The predicted molar refractivity (Wildman–Crippen MR) is 57.6 cm³/mol.